The second-order valence-corrected chi connectivity index (χ2v) is 10.3. The van der Waals surface area contributed by atoms with Crippen LogP contribution in [0.15, 0.2) is 72.8 Å². The Balaban J connectivity index is 1.39. The van der Waals surface area contributed by atoms with Crippen molar-refractivity contribution in [3.05, 3.63) is 94.5 Å². The summed E-state index contributed by atoms with van der Waals surface area (Å²) in [7, 11) is 0. The van der Waals surface area contributed by atoms with Gasteiger partial charge in [0.25, 0.3) is 0 Å². The van der Waals surface area contributed by atoms with Gasteiger partial charge in [0.15, 0.2) is 11.2 Å². The fraction of sp³-hybridized carbons (Fsp3) is 0.379. The Labute approximate surface area is 210 Å². The first kappa shape index (κ1) is 22.9. The number of aliphatic hydroxyl groups is 2. The van der Waals surface area contributed by atoms with Crippen molar-refractivity contribution in [1.29, 1.82) is 0 Å². The summed E-state index contributed by atoms with van der Waals surface area (Å²) in [4.78, 5) is 2.41. The molecule has 3 aromatic rings. The predicted molar refractivity (Wildman–Crippen MR) is 135 cm³/mol. The van der Waals surface area contributed by atoms with Crippen LogP contribution in [0, 0.1) is 0 Å². The van der Waals surface area contributed by atoms with Gasteiger partial charge in [-0.25, -0.2) is 0 Å². The number of fused-ring (bicyclic) bond motifs is 3. The lowest BCUT2D eigenvalue weighted by Crippen LogP contribution is -2.51. The molecule has 2 fully saturated rings. The summed E-state index contributed by atoms with van der Waals surface area (Å²) in [5, 5.41) is 24.3. The average molecular weight is 492 g/mol. The Morgan fingerprint density at radius 1 is 1.00 bits per heavy atom. The Hall–Kier alpha value is -2.57. The fourth-order valence-corrected chi connectivity index (χ4v) is 6.43. The SMILES string of the molecule is OC1CC(c2ccccc2)C2(c3ccc(Cl)cc3)Oc3cc(OCCN4CCCC4)ccc3C12O. The largest absolute Gasteiger partial charge is 0.492 e. The first-order chi connectivity index (χ1) is 17.0. The van der Waals surface area contributed by atoms with Crippen LogP contribution in [-0.2, 0) is 11.2 Å². The number of ether oxygens (including phenoxy) is 2. The second kappa shape index (κ2) is 8.82. The molecule has 6 heteroatoms. The van der Waals surface area contributed by atoms with Crippen LogP contribution in [0.5, 0.6) is 11.5 Å². The van der Waals surface area contributed by atoms with Crippen molar-refractivity contribution in [3.8, 4) is 11.5 Å². The first-order valence-electron chi connectivity index (χ1n) is 12.4. The molecule has 0 spiro atoms. The number of hydrogen-bond donors (Lipinski definition) is 2. The van der Waals surface area contributed by atoms with Gasteiger partial charge < -0.3 is 19.7 Å². The third-order valence-corrected chi connectivity index (χ3v) is 8.23. The van der Waals surface area contributed by atoms with Gasteiger partial charge in [-0.1, -0.05) is 54.1 Å². The van der Waals surface area contributed by atoms with Gasteiger partial charge in [-0.15, -0.1) is 0 Å². The highest BCUT2D eigenvalue weighted by Gasteiger charge is 2.72. The van der Waals surface area contributed by atoms with Crippen LogP contribution in [0.4, 0.5) is 0 Å². The molecule has 0 aromatic heterocycles. The molecule has 1 saturated heterocycles. The molecule has 4 atom stereocenters. The molecule has 6 rings (SSSR count). The number of aliphatic hydroxyl groups excluding tert-OH is 1. The van der Waals surface area contributed by atoms with Gasteiger partial charge in [-0.2, -0.15) is 0 Å². The maximum atomic E-state index is 12.3. The molecule has 2 aliphatic heterocycles. The Kier molecular flexibility index (Phi) is 5.76. The summed E-state index contributed by atoms with van der Waals surface area (Å²) in [6, 6.07) is 22.9. The minimum absolute atomic E-state index is 0.267. The molecule has 2 heterocycles. The van der Waals surface area contributed by atoms with E-state index < -0.39 is 17.3 Å². The summed E-state index contributed by atoms with van der Waals surface area (Å²) in [6.07, 6.45) is 1.87. The van der Waals surface area contributed by atoms with Crippen LogP contribution >= 0.6 is 11.6 Å². The molecule has 4 unspecified atom stereocenters. The van der Waals surface area contributed by atoms with Gasteiger partial charge in [0.05, 0.1) is 6.10 Å². The monoisotopic (exact) mass is 491 g/mol. The summed E-state index contributed by atoms with van der Waals surface area (Å²) < 4.78 is 12.8. The molecule has 1 saturated carbocycles. The van der Waals surface area contributed by atoms with Gasteiger partial charge in [0.1, 0.15) is 18.1 Å². The third kappa shape index (κ3) is 3.56. The van der Waals surface area contributed by atoms with Crippen molar-refractivity contribution in [2.75, 3.05) is 26.2 Å². The topological polar surface area (TPSA) is 62.2 Å². The number of halogens is 1. The normalized spacial score (nSPS) is 29.6. The van der Waals surface area contributed by atoms with Crippen molar-refractivity contribution in [2.45, 2.75) is 42.5 Å². The van der Waals surface area contributed by atoms with Crippen LogP contribution in [0.2, 0.25) is 5.02 Å². The molecule has 0 amide bonds. The highest BCUT2D eigenvalue weighted by atomic mass is 35.5. The number of hydrogen-bond acceptors (Lipinski definition) is 5. The predicted octanol–water partition coefficient (Wildman–Crippen LogP) is 4.84. The summed E-state index contributed by atoms with van der Waals surface area (Å²) >= 11 is 6.21. The maximum absolute atomic E-state index is 12.3. The van der Waals surface area contributed by atoms with Crippen LogP contribution in [0.25, 0.3) is 0 Å². The van der Waals surface area contributed by atoms with Gasteiger partial charge >= 0.3 is 0 Å². The second-order valence-electron chi connectivity index (χ2n) is 9.88. The van der Waals surface area contributed by atoms with Gasteiger partial charge in [-0.3, -0.25) is 4.90 Å². The van der Waals surface area contributed by atoms with Crippen molar-refractivity contribution in [1.82, 2.24) is 4.90 Å². The van der Waals surface area contributed by atoms with Crippen molar-refractivity contribution < 1.29 is 19.7 Å². The fourth-order valence-electron chi connectivity index (χ4n) is 6.30. The number of rotatable bonds is 6. The Morgan fingerprint density at radius 2 is 1.74 bits per heavy atom. The molecule has 0 radical (unpaired) electrons. The standard InChI is InChI=1S/C29H30ClNO4/c30-22-10-8-21(9-11-22)29-25(20-6-2-1-3-7-20)19-27(32)28(29,33)24-13-12-23(18-26(24)35-29)34-17-16-31-14-4-5-15-31/h1-3,6-13,18,25,27,32-33H,4-5,14-17,19H2. The van der Waals surface area contributed by atoms with E-state index in [2.05, 4.69) is 4.90 Å². The number of benzene rings is 3. The quantitative estimate of drug-likeness (QED) is 0.516. The van der Waals surface area contributed by atoms with Gasteiger partial charge in [0, 0.05) is 29.1 Å². The molecule has 1 aliphatic carbocycles. The van der Waals surface area contributed by atoms with E-state index in [0.717, 1.165) is 30.8 Å². The summed E-state index contributed by atoms with van der Waals surface area (Å²) in [5.41, 5.74) is -0.445. The van der Waals surface area contributed by atoms with E-state index in [9.17, 15) is 10.2 Å². The first-order valence-corrected chi connectivity index (χ1v) is 12.8. The van der Waals surface area contributed by atoms with E-state index >= 15 is 0 Å². The summed E-state index contributed by atoms with van der Waals surface area (Å²) in [6.45, 7) is 3.75. The maximum Gasteiger partial charge on any atom is 0.176 e. The Bertz CT molecular complexity index is 1200. The van der Waals surface area contributed by atoms with Crippen molar-refractivity contribution in [3.63, 3.8) is 0 Å². The lowest BCUT2D eigenvalue weighted by Gasteiger charge is -2.40. The highest BCUT2D eigenvalue weighted by molar-refractivity contribution is 6.30. The van der Waals surface area contributed by atoms with Gasteiger partial charge in [-0.05, 0) is 67.7 Å². The molecule has 3 aromatic carbocycles. The van der Waals surface area contributed by atoms with E-state index in [1.807, 2.05) is 60.7 Å². The van der Waals surface area contributed by atoms with Crippen LogP contribution in [0.1, 0.15) is 41.9 Å². The van der Waals surface area contributed by atoms with E-state index in [4.69, 9.17) is 21.1 Å². The smallest absolute Gasteiger partial charge is 0.176 e. The lowest BCUT2D eigenvalue weighted by atomic mass is 9.71. The van der Waals surface area contributed by atoms with Crippen molar-refractivity contribution >= 4 is 11.6 Å². The minimum atomic E-state index is -1.62. The average Bonchev–Trinajstić information content (AvgIpc) is 3.54. The van der Waals surface area contributed by atoms with Crippen LogP contribution in [0.3, 0.4) is 0 Å². The summed E-state index contributed by atoms with van der Waals surface area (Å²) in [5.74, 6) is 0.973. The van der Waals surface area contributed by atoms with Gasteiger partial charge in [0.2, 0.25) is 0 Å². The zero-order valence-corrected chi connectivity index (χ0v) is 20.3. The Morgan fingerprint density at radius 3 is 2.49 bits per heavy atom. The number of likely N-dealkylation sites (tertiary alicyclic amines) is 1. The minimum Gasteiger partial charge on any atom is -0.492 e. The zero-order chi connectivity index (χ0) is 24.0. The molecule has 182 valence electrons. The zero-order valence-electron chi connectivity index (χ0n) is 19.6. The highest BCUT2D eigenvalue weighted by Crippen LogP contribution is 2.66. The number of nitrogens with zero attached hydrogens (tertiary/aromatic N) is 1. The molecule has 3 aliphatic rings. The van der Waals surface area contributed by atoms with E-state index in [1.165, 1.54) is 12.8 Å². The van der Waals surface area contributed by atoms with Crippen LogP contribution in [-0.4, -0.2) is 47.5 Å². The molecular weight excluding hydrogens is 462 g/mol. The van der Waals surface area contributed by atoms with E-state index in [0.29, 0.717) is 35.1 Å². The van der Waals surface area contributed by atoms with Crippen LogP contribution < -0.4 is 9.47 Å². The molecule has 35 heavy (non-hydrogen) atoms. The molecule has 2 N–H and O–H groups in total. The van der Waals surface area contributed by atoms with Crippen molar-refractivity contribution in [2.24, 2.45) is 0 Å². The van der Waals surface area contributed by atoms with E-state index in [-0.39, 0.29) is 5.92 Å². The third-order valence-electron chi connectivity index (χ3n) is 7.98. The molecule has 0 bridgehead atoms. The molecular formula is C29H30ClNO4. The lowest BCUT2D eigenvalue weighted by molar-refractivity contribution is -0.149. The van der Waals surface area contributed by atoms with E-state index in [1.54, 1.807) is 12.1 Å². The molecule has 5 nitrogen and oxygen atoms in total.